The van der Waals surface area contributed by atoms with Gasteiger partial charge in [-0.15, -0.1) is 0 Å². The van der Waals surface area contributed by atoms with Crippen molar-refractivity contribution in [2.24, 2.45) is 0 Å². The Balaban J connectivity index is 3.08. The summed E-state index contributed by atoms with van der Waals surface area (Å²) in [5.74, 6) is -3.59. The van der Waals surface area contributed by atoms with E-state index in [-0.39, 0.29) is 5.28 Å². The first kappa shape index (κ1) is 11.4. The largest absolute Gasteiger partial charge is 0.224 e. The van der Waals surface area contributed by atoms with E-state index in [4.69, 9.17) is 23.2 Å². The summed E-state index contributed by atoms with van der Waals surface area (Å²) in [5, 5.41) is -1.27. The molecule has 2 rings (SSSR count). The van der Waals surface area contributed by atoms with Crippen LogP contribution < -0.4 is 0 Å². The van der Waals surface area contributed by atoms with Crippen molar-refractivity contribution in [1.82, 2.24) is 9.97 Å². The van der Waals surface area contributed by atoms with Gasteiger partial charge in [-0.3, -0.25) is 0 Å². The number of aromatic nitrogens is 2. The average Bonchev–Trinajstić information content (AvgIpc) is 2.22. The number of benzene rings is 1. The Bertz CT molecular complexity index is 601. The quantitative estimate of drug-likeness (QED) is 0.413. The third-order valence-corrected chi connectivity index (χ3v) is 2.56. The van der Waals surface area contributed by atoms with Crippen LogP contribution >= 0.6 is 23.2 Å². The average molecular weight is 267 g/mol. The number of hydrogen-bond donors (Lipinski definition) is 0. The lowest BCUT2D eigenvalue weighted by Gasteiger charge is -2.06. The second-order valence-electron chi connectivity index (χ2n) is 3.07. The van der Waals surface area contributed by atoms with E-state index in [0.717, 1.165) is 6.92 Å². The topological polar surface area (TPSA) is 25.8 Å². The van der Waals surface area contributed by atoms with Crippen molar-refractivity contribution in [1.29, 1.82) is 0 Å². The van der Waals surface area contributed by atoms with E-state index in [9.17, 15) is 13.2 Å². The summed E-state index contributed by atoms with van der Waals surface area (Å²) in [6, 6.07) is 0. The molecule has 0 aliphatic heterocycles. The zero-order chi connectivity index (χ0) is 12.0. The fraction of sp³-hybridized carbons (Fsp3) is 0.111. The van der Waals surface area contributed by atoms with Crippen molar-refractivity contribution in [3.05, 3.63) is 33.5 Å². The monoisotopic (exact) mass is 266 g/mol. The van der Waals surface area contributed by atoms with Crippen LogP contribution in [0.3, 0.4) is 0 Å². The molecule has 0 aliphatic carbocycles. The molecule has 0 unspecified atom stereocenters. The molecule has 16 heavy (non-hydrogen) atoms. The minimum atomic E-state index is -1.31. The van der Waals surface area contributed by atoms with E-state index >= 15 is 0 Å². The second-order valence-corrected chi connectivity index (χ2v) is 3.77. The van der Waals surface area contributed by atoms with Crippen LogP contribution in [0.5, 0.6) is 0 Å². The maximum Gasteiger partial charge on any atom is 0.224 e. The van der Waals surface area contributed by atoms with Gasteiger partial charge in [0.15, 0.2) is 17.5 Å². The van der Waals surface area contributed by atoms with Crippen molar-refractivity contribution in [2.75, 3.05) is 0 Å². The van der Waals surface area contributed by atoms with Crippen LogP contribution in [-0.4, -0.2) is 9.97 Å². The van der Waals surface area contributed by atoms with Crippen molar-refractivity contribution < 1.29 is 13.2 Å². The van der Waals surface area contributed by atoms with Gasteiger partial charge in [-0.1, -0.05) is 11.6 Å². The molecule has 7 heteroatoms. The highest BCUT2D eigenvalue weighted by Crippen LogP contribution is 2.30. The molecule has 0 aliphatic rings. The predicted octanol–water partition coefficient (Wildman–Crippen LogP) is 3.66. The molecule has 0 radical (unpaired) electrons. The van der Waals surface area contributed by atoms with Gasteiger partial charge in [-0.25, -0.2) is 23.1 Å². The molecule has 0 N–H and O–H groups in total. The second kappa shape index (κ2) is 3.75. The van der Waals surface area contributed by atoms with Crippen LogP contribution in [-0.2, 0) is 0 Å². The molecule has 0 fully saturated rings. The summed E-state index contributed by atoms with van der Waals surface area (Å²) in [6.45, 7) is 1.09. The van der Waals surface area contributed by atoms with E-state index in [1.165, 1.54) is 0 Å². The van der Waals surface area contributed by atoms with Gasteiger partial charge in [0.1, 0.15) is 10.7 Å². The zero-order valence-corrected chi connectivity index (χ0v) is 9.30. The van der Waals surface area contributed by atoms with Gasteiger partial charge in [-0.05, 0) is 18.5 Å². The van der Waals surface area contributed by atoms with Gasteiger partial charge in [0, 0.05) is 5.56 Å². The van der Waals surface area contributed by atoms with Gasteiger partial charge in [0.25, 0.3) is 0 Å². The first-order valence-corrected chi connectivity index (χ1v) is 4.85. The Hall–Kier alpha value is -1.07. The number of halogens is 5. The van der Waals surface area contributed by atoms with E-state index in [1.807, 2.05) is 0 Å². The van der Waals surface area contributed by atoms with Gasteiger partial charge >= 0.3 is 0 Å². The molecule has 2 nitrogen and oxygen atoms in total. The molecule has 1 aromatic heterocycles. The fourth-order valence-electron chi connectivity index (χ4n) is 1.31. The van der Waals surface area contributed by atoms with E-state index in [0.29, 0.717) is 0 Å². The van der Waals surface area contributed by atoms with Crippen molar-refractivity contribution in [2.45, 2.75) is 6.92 Å². The summed E-state index contributed by atoms with van der Waals surface area (Å²) in [5.41, 5.74) is -0.905. The van der Waals surface area contributed by atoms with Crippen LogP contribution in [0.1, 0.15) is 5.56 Å². The van der Waals surface area contributed by atoms with E-state index in [2.05, 4.69) is 9.97 Å². The smallest absolute Gasteiger partial charge is 0.215 e. The van der Waals surface area contributed by atoms with Gasteiger partial charge in [0.2, 0.25) is 5.28 Å². The first-order chi connectivity index (χ1) is 7.43. The maximum absolute atomic E-state index is 13.6. The molecule has 0 amide bonds. The lowest BCUT2D eigenvalue weighted by atomic mass is 10.1. The molecule has 2 aromatic rings. The first-order valence-electron chi connectivity index (χ1n) is 4.09. The highest BCUT2D eigenvalue weighted by Gasteiger charge is 2.21. The molecular formula is C9H3Cl2F3N2. The molecule has 0 saturated heterocycles. The van der Waals surface area contributed by atoms with Gasteiger partial charge < -0.3 is 0 Å². The normalized spacial score (nSPS) is 11.1. The molecule has 84 valence electrons. The SMILES string of the molecule is Cc1c(F)c(F)c2c(Cl)nc(Cl)nc2c1F. The lowest BCUT2D eigenvalue weighted by Crippen LogP contribution is -2.00. The molecule has 0 saturated carbocycles. The van der Waals surface area contributed by atoms with E-state index < -0.39 is 39.1 Å². The summed E-state index contributed by atoms with van der Waals surface area (Å²) in [4.78, 5) is 6.91. The Labute approximate surface area is 98.0 Å². The minimum absolute atomic E-state index is 0.332. The van der Waals surface area contributed by atoms with Crippen molar-refractivity contribution >= 4 is 34.1 Å². The zero-order valence-electron chi connectivity index (χ0n) is 7.78. The molecular weight excluding hydrogens is 264 g/mol. The molecule has 0 bridgehead atoms. The highest BCUT2D eigenvalue weighted by molar-refractivity contribution is 6.35. The van der Waals surface area contributed by atoms with Crippen LogP contribution in [0, 0.1) is 24.4 Å². The molecule has 0 spiro atoms. The number of fused-ring (bicyclic) bond motifs is 1. The molecule has 1 heterocycles. The van der Waals surface area contributed by atoms with Crippen molar-refractivity contribution in [3.63, 3.8) is 0 Å². The summed E-state index contributed by atoms with van der Waals surface area (Å²) >= 11 is 11.0. The van der Waals surface area contributed by atoms with Crippen molar-refractivity contribution in [3.8, 4) is 0 Å². The Morgan fingerprint density at radius 3 is 2.19 bits per heavy atom. The third kappa shape index (κ3) is 1.51. The Morgan fingerprint density at radius 1 is 0.938 bits per heavy atom. The predicted molar refractivity (Wildman–Crippen MR) is 54.2 cm³/mol. The number of nitrogens with zero attached hydrogens (tertiary/aromatic N) is 2. The summed E-state index contributed by atoms with van der Waals surface area (Å²) in [6.07, 6.45) is 0. The third-order valence-electron chi connectivity index (χ3n) is 2.12. The van der Waals surface area contributed by atoms with Crippen LogP contribution in [0.2, 0.25) is 10.4 Å². The number of hydrogen-bond acceptors (Lipinski definition) is 2. The summed E-state index contributed by atoms with van der Waals surface area (Å²) in [7, 11) is 0. The molecule has 0 atom stereocenters. The Morgan fingerprint density at radius 2 is 1.56 bits per heavy atom. The van der Waals surface area contributed by atoms with Crippen LogP contribution in [0.4, 0.5) is 13.2 Å². The fourth-order valence-corrected chi connectivity index (χ4v) is 1.77. The minimum Gasteiger partial charge on any atom is -0.215 e. The highest BCUT2D eigenvalue weighted by atomic mass is 35.5. The lowest BCUT2D eigenvalue weighted by molar-refractivity contribution is 0.496. The molecule has 1 aromatic carbocycles. The standard InChI is InChI=1S/C9H3Cl2F3N2/c1-2-4(12)6(14)3-7(5(2)13)15-9(11)16-8(3)10/h1H3. The van der Waals surface area contributed by atoms with Gasteiger partial charge in [-0.2, -0.15) is 0 Å². The maximum atomic E-state index is 13.6. The van der Waals surface area contributed by atoms with Gasteiger partial charge in [0.05, 0.1) is 5.39 Å². The van der Waals surface area contributed by atoms with Crippen LogP contribution in [0.25, 0.3) is 10.9 Å². The number of rotatable bonds is 0. The Kier molecular flexibility index (Phi) is 2.67. The van der Waals surface area contributed by atoms with Crippen LogP contribution in [0.15, 0.2) is 0 Å². The summed E-state index contributed by atoms with van der Waals surface area (Å²) < 4.78 is 40.3. The van der Waals surface area contributed by atoms with E-state index in [1.54, 1.807) is 0 Å².